The molecule has 2 heterocycles. The summed E-state index contributed by atoms with van der Waals surface area (Å²) in [4.78, 5) is 17.7. The smallest absolute Gasteiger partial charge is 0.381 e. The van der Waals surface area contributed by atoms with Crippen molar-refractivity contribution in [1.29, 1.82) is 0 Å². The number of halogens is 5. The Morgan fingerprint density at radius 2 is 1.88 bits per heavy atom. The maximum Gasteiger partial charge on any atom is 0.417 e. The second kappa shape index (κ2) is 9.42. The monoisotopic (exact) mass is 511 g/mol. The second-order valence-electron chi connectivity index (χ2n) is 7.05. The van der Waals surface area contributed by atoms with Crippen LogP contribution in [0.15, 0.2) is 35.4 Å². The van der Waals surface area contributed by atoms with Gasteiger partial charge in [-0.05, 0) is 37.1 Å². The predicted molar refractivity (Wildman–Crippen MR) is 112 cm³/mol. The van der Waals surface area contributed by atoms with E-state index in [1.165, 1.54) is 11.1 Å². The van der Waals surface area contributed by atoms with Gasteiger partial charge in [0.05, 0.1) is 26.2 Å². The van der Waals surface area contributed by atoms with E-state index in [-0.39, 0.29) is 22.4 Å². The SMILES string of the molecule is CN(C(=O)c1ncc(Cl)cc1NS(=O)(=O)c1ccc(Cl)c(C(F)(F)F)c1)C1CCOCC1. The fraction of sp³-hybridized carbons (Fsp3) is 0.368. The maximum absolute atomic E-state index is 13.1. The molecule has 32 heavy (non-hydrogen) atoms. The Bertz CT molecular complexity index is 1120. The number of pyridine rings is 1. The number of rotatable bonds is 5. The molecule has 3 rings (SSSR count). The van der Waals surface area contributed by atoms with E-state index in [2.05, 4.69) is 9.71 Å². The molecule has 1 saturated heterocycles. The highest BCUT2D eigenvalue weighted by atomic mass is 35.5. The Hall–Kier alpha value is -2.08. The number of anilines is 1. The molecular formula is C19H18Cl2F3N3O4S. The van der Waals surface area contributed by atoms with E-state index in [1.807, 2.05) is 0 Å². The molecule has 174 valence electrons. The van der Waals surface area contributed by atoms with Gasteiger partial charge in [-0.25, -0.2) is 13.4 Å². The molecule has 1 aromatic heterocycles. The first-order valence-corrected chi connectivity index (χ1v) is 11.5. The van der Waals surface area contributed by atoms with Crippen LogP contribution < -0.4 is 4.72 Å². The van der Waals surface area contributed by atoms with E-state index in [1.54, 1.807) is 7.05 Å². The number of hydrogen-bond acceptors (Lipinski definition) is 5. The third-order valence-electron chi connectivity index (χ3n) is 4.91. The van der Waals surface area contributed by atoms with E-state index in [0.29, 0.717) is 32.1 Å². The summed E-state index contributed by atoms with van der Waals surface area (Å²) in [5.41, 5.74) is -1.80. The van der Waals surface area contributed by atoms with Crippen LogP contribution in [0.1, 0.15) is 28.9 Å². The number of amides is 1. The molecule has 7 nitrogen and oxygen atoms in total. The molecule has 0 bridgehead atoms. The van der Waals surface area contributed by atoms with Gasteiger partial charge >= 0.3 is 6.18 Å². The molecule has 0 saturated carbocycles. The summed E-state index contributed by atoms with van der Waals surface area (Å²) in [6.07, 6.45) is -2.48. The van der Waals surface area contributed by atoms with Gasteiger partial charge in [0.15, 0.2) is 5.69 Å². The number of ether oxygens (including phenoxy) is 1. The van der Waals surface area contributed by atoms with E-state index in [4.69, 9.17) is 27.9 Å². The zero-order valence-corrected chi connectivity index (χ0v) is 18.9. The van der Waals surface area contributed by atoms with Crippen LogP contribution in [0.3, 0.4) is 0 Å². The van der Waals surface area contributed by atoms with Gasteiger partial charge in [0.25, 0.3) is 15.9 Å². The van der Waals surface area contributed by atoms with Crippen LogP contribution in [0.4, 0.5) is 18.9 Å². The minimum absolute atomic E-state index is 0.0278. The van der Waals surface area contributed by atoms with Crippen molar-refractivity contribution in [2.75, 3.05) is 25.0 Å². The minimum Gasteiger partial charge on any atom is -0.381 e. The van der Waals surface area contributed by atoms with Crippen molar-refractivity contribution in [2.45, 2.75) is 30.0 Å². The van der Waals surface area contributed by atoms with Crippen LogP contribution >= 0.6 is 23.2 Å². The number of benzene rings is 1. The molecule has 1 fully saturated rings. The lowest BCUT2D eigenvalue weighted by atomic mass is 10.1. The second-order valence-corrected chi connectivity index (χ2v) is 9.58. The summed E-state index contributed by atoms with van der Waals surface area (Å²) in [7, 11) is -2.98. The molecule has 1 amide bonds. The normalized spacial score (nSPS) is 15.4. The van der Waals surface area contributed by atoms with Gasteiger partial charge in [0.1, 0.15) is 0 Å². The standard InChI is InChI=1S/C19H18Cl2F3N3O4S/c1-27(12-4-6-31-7-5-12)18(28)17-16(8-11(20)10-25-17)26-32(29,30)13-2-3-15(21)14(9-13)19(22,23)24/h2-3,8-10,12,26H,4-7H2,1H3. The van der Waals surface area contributed by atoms with E-state index in [0.717, 1.165) is 18.2 Å². The van der Waals surface area contributed by atoms with Gasteiger partial charge < -0.3 is 9.64 Å². The topological polar surface area (TPSA) is 88.6 Å². The zero-order valence-electron chi connectivity index (χ0n) is 16.6. The Labute approximate surface area is 192 Å². The summed E-state index contributed by atoms with van der Waals surface area (Å²) in [6, 6.07) is 3.20. The minimum atomic E-state index is -4.85. The number of carbonyl (C=O) groups is 1. The lowest BCUT2D eigenvalue weighted by molar-refractivity contribution is -0.137. The van der Waals surface area contributed by atoms with Crippen molar-refractivity contribution in [1.82, 2.24) is 9.88 Å². The molecule has 1 aliphatic heterocycles. The van der Waals surface area contributed by atoms with Crippen LogP contribution in [-0.4, -0.2) is 50.5 Å². The van der Waals surface area contributed by atoms with E-state index < -0.39 is 37.6 Å². The largest absolute Gasteiger partial charge is 0.417 e. The van der Waals surface area contributed by atoms with Gasteiger partial charge in [0.2, 0.25) is 0 Å². The van der Waals surface area contributed by atoms with E-state index >= 15 is 0 Å². The number of hydrogen-bond donors (Lipinski definition) is 1. The number of alkyl halides is 3. The first-order valence-electron chi connectivity index (χ1n) is 9.30. The number of nitrogens with one attached hydrogen (secondary N) is 1. The van der Waals surface area contributed by atoms with Crippen molar-refractivity contribution in [2.24, 2.45) is 0 Å². The Balaban J connectivity index is 1.95. The first kappa shape index (κ1) is 24.6. The lowest BCUT2D eigenvalue weighted by Gasteiger charge is -2.31. The predicted octanol–water partition coefficient (Wildman–Crippen LogP) is 4.46. The van der Waals surface area contributed by atoms with Crippen molar-refractivity contribution < 1.29 is 31.1 Å². The number of nitrogens with zero attached hydrogens (tertiary/aromatic N) is 2. The summed E-state index contributed by atoms with van der Waals surface area (Å²) >= 11 is 11.5. The molecule has 0 spiro atoms. The molecule has 1 aliphatic rings. The van der Waals surface area contributed by atoms with Crippen molar-refractivity contribution in [3.63, 3.8) is 0 Å². The highest BCUT2D eigenvalue weighted by molar-refractivity contribution is 7.92. The third-order valence-corrected chi connectivity index (χ3v) is 6.81. The molecule has 0 aliphatic carbocycles. The summed E-state index contributed by atoms with van der Waals surface area (Å²) in [6.45, 7) is 0.960. The Morgan fingerprint density at radius 1 is 1.22 bits per heavy atom. The van der Waals surface area contributed by atoms with Gasteiger partial charge in [-0.15, -0.1) is 0 Å². The quantitative estimate of drug-likeness (QED) is 0.640. The number of carbonyl (C=O) groups excluding carboxylic acids is 1. The van der Waals surface area contributed by atoms with Crippen LogP contribution in [-0.2, 0) is 20.9 Å². The fourth-order valence-corrected chi connectivity index (χ4v) is 4.65. The third kappa shape index (κ3) is 5.45. The van der Waals surface area contributed by atoms with Crippen LogP contribution in [0, 0.1) is 0 Å². The molecule has 0 atom stereocenters. The zero-order chi connectivity index (χ0) is 23.7. The van der Waals surface area contributed by atoms with Gasteiger partial charge in [0, 0.05) is 32.5 Å². The average Bonchev–Trinajstić information content (AvgIpc) is 2.72. The Kier molecular flexibility index (Phi) is 7.23. The maximum atomic E-state index is 13.1. The van der Waals surface area contributed by atoms with Crippen LogP contribution in [0.5, 0.6) is 0 Å². The van der Waals surface area contributed by atoms with Crippen molar-refractivity contribution >= 4 is 44.8 Å². The molecule has 1 aromatic carbocycles. The number of aromatic nitrogens is 1. The summed E-state index contributed by atoms with van der Waals surface area (Å²) in [5, 5.41) is -0.616. The fourth-order valence-electron chi connectivity index (χ4n) is 3.19. The van der Waals surface area contributed by atoms with Gasteiger partial charge in [-0.3, -0.25) is 9.52 Å². The highest BCUT2D eigenvalue weighted by Crippen LogP contribution is 2.36. The van der Waals surface area contributed by atoms with Crippen LogP contribution in [0.25, 0.3) is 0 Å². The number of sulfonamides is 1. The molecule has 2 aromatic rings. The lowest BCUT2D eigenvalue weighted by Crippen LogP contribution is -2.41. The van der Waals surface area contributed by atoms with Crippen molar-refractivity contribution in [3.8, 4) is 0 Å². The molecule has 0 radical (unpaired) electrons. The van der Waals surface area contributed by atoms with Crippen molar-refractivity contribution in [3.05, 3.63) is 51.8 Å². The molecular weight excluding hydrogens is 494 g/mol. The average molecular weight is 512 g/mol. The summed E-state index contributed by atoms with van der Waals surface area (Å²) in [5.74, 6) is -0.571. The van der Waals surface area contributed by atoms with Gasteiger partial charge in [-0.1, -0.05) is 23.2 Å². The highest BCUT2D eigenvalue weighted by Gasteiger charge is 2.35. The Morgan fingerprint density at radius 3 is 2.50 bits per heavy atom. The van der Waals surface area contributed by atoms with Gasteiger partial charge in [-0.2, -0.15) is 13.2 Å². The first-order chi connectivity index (χ1) is 14.9. The van der Waals surface area contributed by atoms with Crippen LogP contribution in [0.2, 0.25) is 10.0 Å². The van der Waals surface area contributed by atoms with E-state index in [9.17, 15) is 26.4 Å². The molecule has 0 unspecified atom stereocenters. The molecule has 1 N–H and O–H groups in total. The molecule has 13 heteroatoms. The summed E-state index contributed by atoms with van der Waals surface area (Å²) < 4.78 is 72.5.